The third kappa shape index (κ3) is 3.46. The topological polar surface area (TPSA) is 40.9 Å². The minimum atomic E-state index is -0.138. The SMILES string of the molecule is CCCCC(Br)C(=O)c1cccc(C#N)c1. The van der Waals surface area contributed by atoms with Crippen molar-refractivity contribution in [3.63, 3.8) is 0 Å². The van der Waals surface area contributed by atoms with Crippen LogP contribution in [0.15, 0.2) is 24.3 Å². The first-order valence-corrected chi connectivity index (χ1v) is 6.29. The summed E-state index contributed by atoms with van der Waals surface area (Å²) in [6.07, 6.45) is 2.94. The summed E-state index contributed by atoms with van der Waals surface area (Å²) < 4.78 is 0. The zero-order valence-electron chi connectivity index (χ0n) is 9.24. The van der Waals surface area contributed by atoms with Gasteiger partial charge in [-0.25, -0.2) is 0 Å². The number of halogens is 1. The number of carbonyl (C=O) groups excluding carboxylic acids is 1. The molecule has 16 heavy (non-hydrogen) atoms. The lowest BCUT2D eigenvalue weighted by Gasteiger charge is -2.08. The molecule has 0 bridgehead atoms. The molecule has 1 rings (SSSR count). The highest BCUT2D eigenvalue weighted by Gasteiger charge is 2.16. The van der Waals surface area contributed by atoms with Crippen molar-refractivity contribution in [3.8, 4) is 6.07 Å². The van der Waals surface area contributed by atoms with E-state index in [1.807, 2.05) is 6.07 Å². The third-order valence-electron chi connectivity index (χ3n) is 2.37. The van der Waals surface area contributed by atoms with E-state index in [4.69, 9.17) is 5.26 Å². The molecule has 0 heterocycles. The van der Waals surface area contributed by atoms with Crippen LogP contribution in [-0.2, 0) is 0 Å². The quantitative estimate of drug-likeness (QED) is 0.609. The Morgan fingerprint density at radius 1 is 1.56 bits per heavy atom. The van der Waals surface area contributed by atoms with Crippen molar-refractivity contribution >= 4 is 21.7 Å². The van der Waals surface area contributed by atoms with Crippen molar-refractivity contribution in [2.75, 3.05) is 0 Å². The highest BCUT2D eigenvalue weighted by Crippen LogP contribution is 2.17. The minimum absolute atomic E-state index is 0.0607. The average molecular weight is 280 g/mol. The lowest BCUT2D eigenvalue weighted by molar-refractivity contribution is 0.0988. The van der Waals surface area contributed by atoms with Crippen LogP contribution in [0.4, 0.5) is 0 Å². The van der Waals surface area contributed by atoms with E-state index in [0.29, 0.717) is 11.1 Å². The first kappa shape index (κ1) is 12.9. The van der Waals surface area contributed by atoms with Crippen LogP contribution in [0.25, 0.3) is 0 Å². The maximum atomic E-state index is 12.0. The molecule has 0 saturated heterocycles. The normalized spacial score (nSPS) is 11.8. The smallest absolute Gasteiger partial charge is 0.176 e. The first-order valence-electron chi connectivity index (χ1n) is 5.37. The summed E-state index contributed by atoms with van der Waals surface area (Å²) in [5.74, 6) is 0.0607. The Labute approximate surface area is 104 Å². The van der Waals surface area contributed by atoms with Crippen molar-refractivity contribution in [1.82, 2.24) is 0 Å². The maximum Gasteiger partial charge on any atom is 0.176 e. The molecule has 0 aromatic heterocycles. The second-order valence-corrected chi connectivity index (χ2v) is 4.77. The molecule has 1 aromatic rings. The first-order chi connectivity index (χ1) is 7.69. The van der Waals surface area contributed by atoms with E-state index in [0.717, 1.165) is 19.3 Å². The number of nitriles is 1. The zero-order chi connectivity index (χ0) is 12.0. The van der Waals surface area contributed by atoms with Gasteiger partial charge in [-0.3, -0.25) is 4.79 Å². The molecule has 0 aliphatic heterocycles. The molecule has 0 N–H and O–H groups in total. The van der Waals surface area contributed by atoms with Crippen LogP contribution >= 0.6 is 15.9 Å². The van der Waals surface area contributed by atoms with Crippen LogP contribution in [-0.4, -0.2) is 10.6 Å². The molecule has 3 heteroatoms. The molecule has 84 valence electrons. The fourth-order valence-corrected chi connectivity index (χ4v) is 2.03. The molecule has 1 atom stereocenters. The second kappa shape index (κ2) is 6.44. The van der Waals surface area contributed by atoms with Crippen molar-refractivity contribution in [2.24, 2.45) is 0 Å². The molecule has 2 nitrogen and oxygen atoms in total. The number of unbranched alkanes of at least 4 members (excludes halogenated alkanes) is 1. The highest BCUT2D eigenvalue weighted by atomic mass is 79.9. The predicted molar refractivity (Wildman–Crippen MR) is 67.7 cm³/mol. The monoisotopic (exact) mass is 279 g/mol. The number of hydrogen-bond acceptors (Lipinski definition) is 2. The van der Waals surface area contributed by atoms with Gasteiger partial charge in [0.25, 0.3) is 0 Å². The maximum absolute atomic E-state index is 12.0. The van der Waals surface area contributed by atoms with Crippen LogP contribution < -0.4 is 0 Å². The lowest BCUT2D eigenvalue weighted by atomic mass is 10.0. The van der Waals surface area contributed by atoms with Gasteiger partial charge in [-0.2, -0.15) is 5.26 Å². The Kier molecular flexibility index (Phi) is 5.21. The molecular formula is C13H14BrNO. The van der Waals surface area contributed by atoms with Crippen LogP contribution in [0.3, 0.4) is 0 Å². The molecule has 0 aliphatic rings. The number of rotatable bonds is 5. The van der Waals surface area contributed by atoms with Gasteiger partial charge in [0.2, 0.25) is 0 Å². The van der Waals surface area contributed by atoms with E-state index in [1.54, 1.807) is 24.3 Å². The van der Waals surface area contributed by atoms with Crippen LogP contribution in [0.2, 0.25) is 0 Å². The zero-order valence-corrected chi connectivity index (χ0v) is 10.8. The fourth-order valence-electron chi connectivity index (χ4n) is 1.44. The summed E-state index contributed by atoms with van der Waals surface area (Å²) in [6.45, 7) is 2.10. The number of carbonyl (C=O) groups is 1. The molecule has 0 radical (unpaired) electrons. The molecule has 0 amide bonds. The van der Waals surface area contributed by atoms with E-state index >= 15 is 0 Å². The van der Waals surface area contributed by atoms with E-state index in [1.165, 1.54) is 0 Å². The van der Waals surface area contributed by atoms with Crippen LogP contribution in [0, 0.1) is 11.3 Å². The molecule has 1 aromatic carbocycles. The molecule has 0 fully saturated rings. The second-order valence-electron chi connectivity index (χ2n) is 3.67. The van der Waals surface area contributed by atoms with E-state index < -0.39 is 0 Å². The van der Waals surface area contributed by atoms with Crippen molar-refractivity contribution in [1.29, 1.82) is 5.26 Å². The summed E-state index contributed by atoms with van der Waals surface area (Å²) in [5, 5.41) is 8.75. The molecule has 1 unspecified atom stereocenters. The van der Waals surface area contributed by atoms with Gasteiger partial charge in [0, 0.05) is 5.56 Å². The van der Waals surface area contributed by atoms with Gasteiger partial charge in [0.1, 0.15) is 0 Å². The summed E-state index contributed by atoms with van der Waals surface area (Å²) in [6, 6.07) is 8.87. The number of Topliss-reactive ketones (excluding diaryl/α,β-unsaturated/α-hetero) is 1. The van der Waals surface area contributed by atoms with Crippen LogP contribution in [0.5, 0.6) is 0 Å². The Bertz CT molecular complexity index is 409. The summed E-state index contributed by atoms with van der Waals surface area (Å²) in [5.41, 5.74) is 1.14. The van der Waals surface area contributed by atoms with Crippen molar-refractivity contribution < 1.29 is 4.79 Å². The average Bonchev–Trinajstić information content (AvgIpc) is 2.35. The number of nitrogens with zero attached hydrogens (tertiary/aromatic N) is 1. The van der Waals surface area contributed by atoms with E-state index in [-0.39, 0.29) is 10.6 Å². The van der Waals surface area contributed by atoms with Crippen molar-refractivity contribution in [2.45, 2.75) is 31.0 Å². The molecule has 0 spiro atoms. The van der Waals surface area contributed by atoms with E-state index in [9.17, 15) is 4.79 Å². The Hall–Kier alpha value is -1.14. The van der Waals surface area contributed by atoms with Gasteiger partial charge < -0.3 is 0 Å². The van der Waals surface area contributed by atoms with Gasteiger partial charge in [0.15, 0.2) is 5.78 Å². The lowest BCUT2D eigenvalue weighted by Crippen LogP contribution is -2.14. The number of alkyl halides is 1. The van der Waals surface area contributed by atoms with Crippen LogP contribution in [0.1, 0.15) is 42.1 Å². The van der Waals surface area contributed by atoms with E-state index in [2.05, 4.69) is 22.9 Å². The summed E-state index contributed by atoms with van der Waals surface area (Å²) in [4.78, 5) is 11.8. The molecular weight excluding hydrogens is 266 g/mol. The summed E-state index contributed by atoms with van der Waals surface area (Å²) in [7, 11) is 0. The minimum Gasteiger partial charge on any atom is -0.293 e. The predicted octanol–water partition coefficient (Wildman–Crippen LogP) is 3.69. The van der Waals surface area contributed by atoms with Crippen molar-refractivity contribution in [3.05, 3.63) is 35.4 Å². The highest BCUT2D eigenvalue weighted by molar-refractivity contribution is 9.10. The van der Waals surface area contributed by atoms with Gasteiger partial charge in [-0.15, -0.1) is 0 Å². The Balaban J connectivity index is 2.76. The molecule has 0 saturated carbocycles. The Morgan fingerprint density at radius 2 is 2.31 bits per heavy atom. The van der Waals surface area contributed by atoms with Gasteiger partial charge >= 0.3 is 0 Å². The van der Waals surface area contributed by atoms with Gasteiger partial charge in [-0.1, -0.05) is 47.8 Å². The number of ketones is 1. The summed E-state index contributed by atoms with van der Waals surface area (Å²) >= 11 is 3.40. The third-order valence-corrected chi connectivity index (χ3v) is 3.25. The Morgan fingerprint density at radius 3 is 2.94 bits per heavy atom. The largest absolute Gasteiger partial charge is 0.293 e. The van der Waals surface area contributed by atoms with Gasteiger partial charge in [0.05, 0.1) is 16.5 Å². The standard InChI is InChI=1S/C13H14BrNO/c1-2-3-7-12(14)13(16)11-6-4-5-10(8-11)9-15/h4-6,8,12H,2-3,7H2,1H3. The molecule has 0 aliphatic carbocycles. The number of hydrogen-bond donors (Lipinski definition) is 0. The number of benzene rings is 1. The fraction of sp³-hybridized carbons (Fsp3) is 0.385. The van der Waals surface area contributed by atoms with Gasteiger partial charge in [-0.05, 0) is 18.6 Å².